The van der Waals surface area contributed by atoms with E-state index in [-0.39, 0.29) is 12.2 Å². The Kier molecular flexibility index (Phi) is 6.74. The van der Waals surface area contributed by atoms with E-state index in [1.165, 1.54) is 0 Å². The fraction of sp³-hybridized carbons (Fsp3) is 0.273. The summed E-state index contributed by atoms with van der Waals surface area (Å²) in [6.45, 7) is 0.803. The molecule has 1 N–H and O–H groups in total. The zero-order chi connectivity index (χ0) is 19.1. The Hall–Kier alpha value is -2.50. The van der Waals surface area contributed by atoms with Gasteiger partial charge in [0.05, 0.1) is 5.69 Å². The molecule has 0 saturated carbocycles. The molecule has 1 aromatic heterocycles. The van der Waals surface area contributed by atoms with E-state index in [4.69, 9.17) is 17.3 Å². The molecule has 0 fully saturated rings. The van der Waals surface area contributed by atoms with Crippen molar-refractivity contribution in [1.29, 1.82) is 0 Å². The van der Waals surface area contributed by atoms with Gasteiger partial charge in [-0.05, 0) is 42.8 Å². The van der Waals surface area contributed by atoms with Gasteiger partial charge < -0.3 is 5.11 Å². The maximum atomic E-state index is 12.8. The number of unbranched alkanes of at least 4 members (excludes halogenated alkanes) is 3. The van der Waals surface area contributed by atoms with E-state index in [1.807, 2.05) is 65.2 Å². The number of nitrogens with zero attached hydrogens (tertiary/aromatic N) is 2. The lowest BCUT2D eigenvalue weighted by Crippen LogP contribution is -2.25. The maximum absolute atomic E-state index is 12.8. The van der Waals surface area contributed by atoms with Gasteiger partial charge in [0.25, 0.3) is 5.56 Å². The van der Waals surface area contributed by atoms with Gasteiger partial charge in [0.15, 0.2) is 4.77 Å². The third-order valence-corrected chi connectivity index (χ3v) is 4.97. The first-order valence-corrected chi connectivity index (χ1v) is 9.72. The minimum absolute atomic E-state index is 0.0757. The second-order valence-electron chi connectivity index (χ2n) is 6.48. The smallest absolute Gasteiger partial charge is 0.254 e. The highest BCUT2D eigenvalue weighted by molar-refractivity contribution is 7.71. The minimum Gasteiger partial charge on any atom is -0.396 e. The molecule has 0 unspecified atom stereocenters. The van der Waals surface area contributed by atoms with Crippen LogP contribution in [0.4, 0.5) is 0 Å². The molecule has 0 aliphatic rings. The van der Waals surface area contributed by atoms with Gasteiger partial charge in [0, 0.05) is 24.9 Å². The molecule has 3 aromatic rings. The van der Waals surface area contributed by atoms with Crippen molar-refractivity contribution in [2.45, 2.75) is 32.2 Å². The average Bonchev–Trinajstić information content (AvgIpc) is 2.71. The highest BCUT2D eigenvalue weighted by atomic mass is 32.1. The Morgan fingerprint density at radius 1 is 0.852 bits per heavy atom. The average molecular weight is 381 g/mol. The zero-order valence-corrected chi connectivity index (χ0v) is 16.1. The molecule has 140 valence electrons. The molecule has 27 heavy (non-hydrogen) atoms. The van der Waals surface area contributed by atoms with Gasteiger partial charge in [0.1, 0.15) is 0 Å². The van der Waals surface area contributed by atoms with Crippen molar-refractivity contribution in [3.05, 3.63) is 81.9 Å². The summed E-state index contributed by atoms with van der Waals surface area (Å²) in [6, 6.07) is 21.4. The molecule has 5 heteroatoms. The number of rotatable bonds is 8. The van der Waals surface area contributed by atoms with Crippen LogP contribution < -0.4 is 5.56 Å². The Balaban J connectivity index is 2.06. The van der Waals surface area contributed by atoms with E-state index in [9.17, 15) is 4.79 Å². The number of hydrogen-bond acceptors (Lipinski definition) is 3. The molecule has 0 spiro atoms. The lowest BCUT2D eigenvalue weighted by atomic mass is 10.1. The molecule has 4 nitrogen and oxygen atoms in total. The van der Waals surface area contributed by atoms with Gasteiger partial charge in [-0.2, -0.15) is 0 Å². The molecule has 2 aromatic carbocycles. The second kappa shape index (κ2) is 9.44. The first kappa shape index (κ1) is 19.3. The molecule has 3 rings (SSSR count). The minimum atomic E-state index is -0.0757. The monoisotopic (exact) mass is 380 g/mol. The summed E-state index contributed by atoms with van der Waals surface area (Å²) in [7, 11) is 0. The summed E-state index contributed by atoms with van der Waals surface area (Å²) >= 11 is 5.74. The largest absolute Gasteiger partial charge is 0.396 e. The lowest BCUT2D eigenvalue weighted by molar-refractivity contribution is 0.282. The maximum Gasteiger partial charge on any atom is 0.254 e. The summed E-state index contributed by atoms with van der Waals surface area (Å²) < 4.78 is 4.16. The highest BCUT2D eigenvalue weighted by Crippen LogP contribution is 2.22. The van der Waals surface area contributed by atoms with Gasteiger partial charge >= 0.3 is 0 Å². The molecule has 0 aliphatic carbocycles. The van der Waals surface area contributed by atoms with Crippen LogP contribution in [0.2, 0.25) is 0 Å². The fourth-order valence-corrected chi connectivity index (χ4v) is 3.55. The van der Waals surface area contributed by atoms with Crippen LogP contribution in [0.5, 0.6) is 0 Å². The van der Waals surface area contributed by atoms with Crippen molar-refractivity contribution >= 4 is 12.2 Å². The number of para-hydroxylation sites is 1. The molecule has 0 saturated heterocycles. The third kappa shape index (κ3) is 4.62. The van der Waals surface area contributed by atoms with Crippen LogP contribution in [0.1, 0.15) is 25.7 Å². The van der Waals surface area contributed by atoms with E-state index in [0.29, 0.717) is 11.3 Å². The number of benzene rings is 2. The predicted octanol–water partition coefficient (Wildman–Crippen LogP) is 4.59. The first-order valence-electron chi connectivity index (χ1n) is 9.31. The van der Waals surface area contributed by atoms with Crippen molar-refractivity contribution in [3.63, 3.8) is 0 Å². The molecule has 0 aliphatic heterocycles. The summed E-state index contributed by atoms with van der Waals surface area (Å²) in [4.78, 5) is 12.8. The van der Waals surface area contributed by atoms with Gasteiger partial charge in [-0.15, -0.1) is 0 Å². The lowest BCUT2D eigenvalue weighted by Gasteiger charge is -2.17. The van der Waals surface area contributed by atoms with Crippen LogP contribution >= 0.6 is 12.2 Å². The van der Waals surface area contributed by atoms with E-state index in [1.54, 1.807) is 10.6 Å². The molecular weight excluding hydrogens is 356 g/mol. The molecule has 0 bridgehead atoms. The fourth-order valence-electron chi connectivity index (χ4n) is 3.17. The van der Waals surface area contributed by atoms with E-state index >= 15 is 0 Å². The number of aromatic nitrogens is 2. The van der Waals surface area contributed by atoms with Crippen molar-refractivity contribution in [1.82, 2.24) is 9.13 Å². The van der Waals surface area contributed by atoms with E-state index in [0.717, 1.165) is 42.6 Å². The van der Waals surface area contributed by atoms with Crippen LogP contribution in [0.3, 0.4) is 0 Å². The normalized spacial score (nSPS) is 10.9. The number of aliphatic hydroxyl groups excluding tert-OH is 1. The summed E-state index contributed by atoms with van der Waals surface area (Å²) in [6.07, 6.45) is 3.59. The molecular formula is C22H24N2O2S. The first-order chi connectivity index (χ1) is 13.2. The van der Waals surface area contributed by atoms with Gasteiger partial charge in [-0.3, -0.25) is 13.9 Å². The molecule has 1 heterocycles. The summed E-state index contributed by atoms with van der Waals surface area (Å²) in [5.74, 6) is 0. The third-order valence-electron chi connectivity index (χ3n) is 4.56. The van der Waals surface area contributed by atoms with Crippen molar-refractivity contribution < 1.29 is 5.11 Å². The highest BCUT2D eigenvalue weighted by Gasteiger charge is 2.12. The molecule has 0 amide bonds. The Morgan fingerprint density at radius 3 is 2.15 bits per heavy atom. The van der Waals surface area contributed by atoms with Gasteiger partial charge in [0.2, 0.25) is 0 Å². The van der Waals surface area contributed by atoms with E-state index < -0.39 is 0 Å². The Bertz CT molecular complexity index is 979. The van der Waals surface area contributed by atoms with E-state index in [2.05, 4.69) is 0 Å². The number of aliphatic hydroxyl groups is 1. The topological polar surface area (TPSA) is 47.2 Å². The van der Waals surface area contributed by atoms with Crippen LogP contribution in [0, 0.1) is 4.77 Å². The van der Waals surface area contributed by atoms with Crippen LogP contribution in [0.15, 0.2) is 71.5 Å². The SMILES string of the molecule is O=c1cc(-c2ccccc2)n(-c2ccccc2)c(=S)n1CCCCCCO. The van der Waals surface area contributed by atoms with Crippen molar-refractivity contribution in [3.8, 4) is 16.9 Å². The number of hydrogen-bond donors (Lipinski definition) is 1. The Labute approximate surface area is 164 Å². The van der Waals surface area contributed by atoms with Crippen molar-refractivity contribution in [2.24, 2.45) is 0 Å². The van der Waals surface area contributed by atoms with Crippen LogP contribution in [-0.4, -0.2) is 20.8 Å². The summed E-state index contributed by atoms with van der Waals surface area (Å²) in [5.41, 5.74) is 2.62. The standard InChI is InChI=1S/C22H24N2O2S/c25-16-10-2-1-9-15-23-21(26)17-20(18-11-5-3-6-12-18)24(22(23)27)19-13-7-4-8-14-19/h3-8,11-14,17,25H,1-2,9-10,15-16H2. The van der Waals surface area contributed by atoms with Crippen molar-refractivity contribution in [2.75, 3.05) is 6.61 Å². The predicted molar refractivity (Wildman–Crippen MR) is 112 cm³/mol. The Morgan fingerprint density at radius 2 is 1.48 bits per heavy atom. The van der Waals surface area contributed by atoms with Crippen LogP contribution in [-0.2, 0) is 6.54 Å². The van der Waals surface area contributed by atoms with Crippen LogP contribution in [0.25, 0.3) is 16.9 Å². The molecule has 0 atom stereocenters. The second-order valence-corrected chi connectivity index (χ2v) is 6.84. The summed E-state index contributed by atoms with van der Waals surface area (Å²) in [5, 5.41) is 8.90. The van der Waals surface area contributed by atoms with Gasteiger partial charge in [-0.25, -0.2) is 0 Å². The zero-order valence-electron chi connectivity index (χ0n) is 15.3. The molecule has 0 radical (unpaired) electrons. The quantitative estimate of drug-likeness (QED) is 0.459. The van der Waals surface area contributed by atoms with Gasteiger partial charge in [-0.1, -0.05) is 61.4 Å².